The molecule has 0 aliphatic rings. The van der Waals surface area contributed by atoms with Gasteiger partial charge in [-0.2, -0.15) is 4.68 Å². The van der Waals surface area contributed by atoms with Crippen LogP contribution in [-0.4, -0.2) is 20.2 Å². The van der Waals surface area contributed by atoms with Crippen LogP contribution in [0.5, 0.6) is 0 Å². The summed E-state index contributed by atoms with van der Waals surface area (Å²) in [7, 11) is 0. The summed E-state index contributed by atoms with van der Waals surface area (Å²) in [5.41, 5.74) is 1.45. The molecular formula is C18H12ClFN4S. The molecule has 0 fully saturated rings. The minimum absolute atomic E-state index is 0.329. The van der Waals surface area contributed by atoms with Crippen LogP contribution >= 0.6 is 23.4 Å². The third-order valence-corrected chi connectivity index (χ3v) is 5.01. The maximum absolute atomic E-state index is 14.0. The lowest BCUT2D eigenvalue weighted by molar-refractivity contribution is 0.617. The van der Waals surface area contributed by atoms with Gasteiger partial charge in [0.1, 0.15) is 5.82 Å². The molecule has 1 aromatic heterocycles. The third kappa shape index (κ3) is 3.23. The van der Waals surface area contributed by atoms with Crippen LogP contribution in [0.25, 0.3) is 16.5 Å². The van der Waals surface area contributed by atoms with Gasteiger partial charge in [-0.25, -0.2) is 4.39 Å². The van der Waals surface area contributed by atoms with Gasteiger partial charge in [-0.05, 0) is 39.6 Å². The number of tetrazole rings is 1. The number of nitrogens with zero attached hydrogens (tertiary/aromatic N) is 4. The van der Waals surface area contributed by atoms with Gasteiger partial charge in [-0.1, -0.05) is 65.8 Å². The number of benzene rings is 3. The van der Waals surface area contributed by atoms with Gasteiger partial charge >= 0.3 is 0 Å². The molecule has 0 saturated carbocycles. The lowest BCUT2D eigenvalue weighted by Crippen LogP contribution is -2.00. The van der Waals surface area contributed by atoms with Crippen molar-refractivity contribution in [2.24, 2.45) is 0 Å². The van der Waals surface area contributed by atoms with Crippen molar-refractivity contribution in [3.8, 4) is 5.69 Å². The van der Waals surface area contributed by atoms with E-state index in [0.29, 0.717) is 21.5 Å². The number of rotatable bonds is 4. The summed E-state index contributed by atoms with van der Waals surface area (Å²) in [6.45, 7) is 0. The zero-order chi connectivity index (χ0) is 17.2. The van der Waals surface area contributed by atoms with Crippen molar-refractivity contribution in [1.82, 2.24) is 20.2 Å². The van der Waals surface area contributed by atoms with Crippen molar-refractivity contribution in [3.63, 3.8) is 0 Å². The molecule has 0 spiro atoms. The second kappa shape index (κ2) is 6.82. The van der Waals surface area contributed by atoms with Crippen molar-refractivity contribution in [3.05, 3.63) is 77.1 Å². The molecular weight excluding hydrogens is 359 g/mol. The van der Waals surface area contributed by atoms with Gasteiger partial charge in [0, 0.05) is 16.2 Å². The lowest BCUT2D eigenvalue weighted by Gasteiger charge is -2.08. The van der Waals surface area contributed by atoms with E-state index in [1.165, 1.54) is 17.8 Å². The zero-order valence-corrected chi connectivity index (χ0v) is 14.5. The molecule has 0 unspecified atom stereocenters. The van der Waals surface area contributed by atoms with E-state index in [-0.39, 0.29) is 5.82 Å². The smallest absolute Gasteiger partial charge is 0.207 e. The summed E-state index contributed by atoms with van der Waals surface area (Å²) >= 11 is 7.17. The molecule has 0 atom stereocenters. The molecule has 7 heteroatoms. The number of thioether (sulfide) groups is 1. The van der Waals surface area contributed by atoms with Gasteiger partial charge < -0.3 is 0 Å². The Kier molecular flexibility index (Phi) is 4.38. The Morgan fingerprint density at radius 2 is 1.88 bits per heavy atom. The van der Waals surface area contributed by atoms with E-state index in [1.54, 1.807) is 16.8 Å². The summed E-state index contributed by atoms with van der Waals surface area (Å²) in [5, 5.41) is 15.1. The summed E-state index contributed by atoms with van der Waals surface area (Å²) in [4.78, 5) is 0. The fraction of sp³-hybridized carbons (Fsp3) is 0.0556. The van der Waals surface area contributed by atoms with Gasteiger partial charge in [0.15, 0.2) is 0 Å². The van der Waals surface area contributed by atoms with E-state index in [9.17, 15) is 4.39 Å². The van der Waals surface area contributed by atoms with Crippen LogP contribution in [0.15, 0.2) is 65.8 Å². The molecule has 0 N–H and O–H groups in total. The van der Waals surface area contributed by atoms with E-state index in [4.69, 9.17) is 11.6 Å². The predicted molar refractivity (Wildman–Crippen MR) is 97.6 cm³/mol. The second-order valence-electron chi connectivity index (χ2n) is 5.40. The quantitative estimate of drug-likeness (QED) is 0.479. The minimum atomic E-state index is -0.329. The lowest BCUT2D eigenvalue weighted by atomic mass is 10.1. The SMILES string of the molecule is Fc1cc(Cl)ccc1CSc1nnnn1-c1cccc2ccccc12. The van der Waals surface area contributed by atoms with Gasteiger partial charge in [0.05, 0.1) is 5.69 Å². The first-order valence-electron chi connectivity index (χ1n) is 7.55. The monoisotopic (exact) mass is 370 g/mol. The molecule has 1 heterocycles. The van der Waals surface area contributed by atoms with Crippen LogP contribution in [0.2, 0.25) is 5.02 Å². The van der Waals surface area contributed by atoms with Crippen LogP contribution in [0.4, 0.5) is 4.39 Å². The topological polar surface area (TPSA) is 43.6 Å². The Bertz CT molecular complexity index is 1040. The highest BCUT2D eigenvalue weighted by atomic mass is 35.5. The average Bonchev–Trinajstić information content (AvgIpc) is 3.09. The van der Waals surface area contributed by atoms with Crippen LogP contribution in [0, 0.1) is 5.82 Å². The normalized spacial score (nSPS) is 11.1. The van der Waals surface area contributed by atoms with Crippen molar-refractivity contribution < 1.29 is 4.39 Å². The van der Waals surface area contributed by atoms with Crippen LogP contribution in [0.1, 0.15) is 5.56 Å². The number of halogens is 2. The molecule has 4 rings (SSSR count). The highest BCUT2D eigenvalue weighted by Crippen LogP contribution is 2.28. The molecule has 3 aromatic carbocycles. The number of aromatic nitrogens is 4. The van der Waals surface area contributed by atoms with Gasteiger partial charge in [0.25, 0.3) is 0 Å². The molecule has 4 aromatic rings. The van der Waals surface area contributed by atoms with Crippen LogP contribution < -0.4 is 0 Å². The van der Waals surface area contributed by atoms with E-state index in [2.05, 4.69) is 15.5 Å². The third-order valence-electron chi connectivity index (χ3n) is 3.81. The minimum Gasteiger partial charge on any atom is -0.207 e. The summed E-state index contributed by atoms with van der Waals surface area (Å²) in [5.74, 6) is 0.0814. The van der Waals surface area contributed by atoms with E-state index >= 15 is 0 Å². The van der Waals surface area contributed by atoms with Crippen molar-refractivity contribution in [1.29, 1.82) is 0 Å². The van der Waals surface area contributed by atoms with Crippen molar-refractivity contribution in [2.75, 3.05) is 0 Å². The highest BCUT2D eigenvalue weighted by molar-refractivity contribution is 7.98. The van der Waals surface area contributed by atoms with Crippen molar-refractivity contribution >= 4 is 34.1 Å². The standard InChI is InChI=1S/C18H12ClFN4S/c19-14-9-8-13(16(20)10-14)11-25-18-21-22-23-24(18)17-7-3-5-12-4-1-2-6-15(12)17/h1-10H,11H2. The average molecular weight is 371 g/mol. The van der Waals surface area contributed by atoms with Crippen LogP contribution in [-0.2, 0) is 5.75 Å². The molecule has 0 aliphatic carbocycles. The number of hydrogen-bond acceptors (Lipinski definition) is 4. The first-order valence-corrected chi connectivity index (χ1v) is 8.92. The maximum Gasteiger partial charge on any atom is 0.214 e. The van der Waals surface area contributed by atoms with Crippen LogP contribution in [0.3, 0.4) is 0 Å². The van der Waals surface area contributed by atoms with E-state index in [0.717, 1.165) is 16.5 Å². The van der Waals surface area contributed by atoms with Gasteiger partial charge in [0.2, 0.25) is 5.16 Å². The largest absolute Gasteiger partial charge is 0.214 e. The summed E-state index contributed by atoms with van der Waals surface area (Å²) < 4.78 is 15.6. The molecule has 0 saturated heterocycles. The van der Waals surface area contributed by atoms with Crippen molar-refractivity contribution in [2.45, 2.75) is 10.9 Å². The fourth-order valence-corrected chi connectivity index (χ4v) is 3.62. The maximum atomic E-state index is 14.0. The Hall–Kier alpha value is -2.44. The second-order valence-corrected chi connectivity index (χ2v) is 6.77. The number of hydrogen-bond donors (Lipinski definition) is 0. The Morgan fingerprint density at radius 3 is 2.76 bits per heavy atom. The molecule has 0 amide bonds. The van der Waals surface area contributed by atoms with Gasteiger partial charge in [-0.15, -0.1) is 5.10 Å². The molecule has 0 aliphatic heterocycles. The molecule has 0 bridgehead atoms. The molecule has 4 nitrogen and oxygen atoms in total. The summed E-state index contributed by atoms with van der Waals surface area (Å²) in [6, 6.07) is 18.7. The molecule has 124 valence electrons. The fourth-order valence-electron chi connectivity index (χ4n) is 2.59. The van der Waals surface area contributed by atoms with E-state index in [1.807, 2.05) is 42.5 Å². The summed E-state index contributed by atoms with van der Waals surface area (Å²) in [6.07, 6.45) is 0. The predicted octanol–water partition coefficient (Wildman–Crippen LogP) is 4.90. The first kappa shape index (κ1) is 16.1. The Labute approximate surface area is 152 Å². The number of fused-ring (bicyclic) bond motifs is 1. The first-order chi connectivity index (χ1) is 12.2. The van der Waals surface area contributed by atoms with Gasteiger partial charge in [-0.3, -0.25) is 0 Å². The Morgan fingerprint density at radius 1 is 1.04 bits per heavy atom. The molecule has 25 heavy (non-hydrogen) atoms. The highest BCUT2D eigenvalue weighted by Gasteiger charge is 2.13. The Balaban J connectivity index is 1.66. The van der Waals surface area contributed by atoms with E-state index < -0.39 is 0 Å². The molecule has 0 radical (unpaired) electrons. The zero-order valence-electron chi connectivity index (χ0n) is 12.9.